The highest BCUT2D eigenvalue weighted by molar-refractivity contribution is 6.20. The summed E-state index contributed by atoms with van der Waals surface area (Å²) in [6, 6.07) is 1.58. The van der Waals surface area contributed by atoms with Crippen molar-refractivity contribution in [3.8, 4) is 0 Å². The molecule has 1 saturated carbocycles. The lowest BCUT2D eigenvalue weighted by atomic mass is 9.84. The Morgan fingerprint density at radius 2 is 2.21 bits per heavy atom. The summed E-state index contributed by atoms with van der Waals surface area (Å²) >= 11 is 6.09. The molecule has 2 unspecified atom stereocenters. The van der Waals surface area contributed by atoms with E-state index in [4.69, 9.17) is 11.6 Å². The number of halogens is 2. The zero-order valence-corrected chi connectivity index (χ0v) is 8.67. The Bertz CT molecular complexity index is 316. The van der Waals surface area contributed by atoms with E-state index in [9.17, 15) is 4.39 Å². The predicted molar refractivity (Wildman–Crippen MR) is 55.0 cm³/mol. The van der Waals surface area contributed by atoms with Gasteiger partial charge < -0.3 is 0 Å². The molecular formula is C11H13ClFN. The average molecular weight is 214 g/mol. The van der Waals surface area contributed by atoms with Crippen molar-refractivity contribution in [2.75, 3.05) is 0 Å². The summed E-state index contributed by atoms with van der Waals surface area (Å²) in [6.07, 6.45) is 7.27. The molecule has 0 amide bonds. The first-order valence-electron chi connectivity index (χ1n) is 5.00. The van der Waals surface area contributed by atoms with E-state index in [1.54, 1.807) is 12.3 Å². The normalized spacial score (nSPS) is 27.6. The minimum atomic E-state index is -0.251. The van der Waals surface area contributed by atoms with Gasteiger partial charge in [0.15, 0.2) is 0 Å². The minimum Gasteiger partial charge on any atom is -0.261 e. The van der Waals surface area contributed by atoms with E-state index in [1.807, 2.05) is 0 Å². The maximum atomic E-state index is 12.9. The van der Waals surface area contributed by atoms with Crippen LogP contribution in [0.3, 0.4) is 0 Å². The van der Waals surface area contributed by atoms with E-state index in [0.29, 0.717) is 5.92 Å². The van der Waals surface area contributed by atoms with Crippen molar-refractivity contribution in [2.45, 2.75) is 37.0 Å². The minimum absolute atomic E-state index is 0.247. The smallest absolute Gasteiger partial charge is 0.141 e. The van der Waals surface area contributed by atoms with E-state index in [1.165, 1.54) is 6.20 Å². The summed E-state index contributed by atoms with van der Waals surface area (Å²) < 4.78 is 12.9. The maximum Gasteiger partial charge on any atom is 0.141 e. The van der Waals surface area contributed by atoms with Gasteiger partial charge in [-0.25, -0.2) is 4.39 Å². The summed E-state index contributed by atoms with van der Waals surface area (Å²) in [4.78, 5) is 3.87. The molecule has 0 radical (unpaired) electrons. The molecule has 0 saturated heterocycles. The zero-order chi connectivity index (χ0) is 9.97. The second-order valence-electron chi connectivity index (χ2n) is 3.90. The fraction of sp³-hybridized carbons (Fsp3) is 0.545. The van der Waals surface area contributed by atoms with Crippen molar-refractivity contribution in [1.29, 1.82) is 0 Å². The Hall–Kier alpha value is -0.630. The van der Waals surface area contributed by atoms with Gasteiger partial charge in [0, 0.05) is 11.6 Å². The van der Waals surface area contributed by atoms with Crippen LogP contribution >= 0.6 is 11.6 Å². The Labute approximate surface area is 88.3 Å². The molecule has 2 atom stereocenters. The molecule has 0 N–H and O–H groups in total. The van der Waals surface area contributed by atoms with Crippen LogP contribution in [-0.2, 0) is 0 Å². The summed E-state index contributed by atoms with van der Waals surface area (Å²) in [5, 5.41) is 0.247. The number of aromatic nitrogens is 1. The third kappa shape index (κ3) is 2.24. The van der Waals surface area contributed by atoms with Crippen LogP contribution in [-0.4, -0.2) is 10.4 Å². The molecule has 0 aliphatic heterocycles. The lowest BCUT2D eigenvalue weighted by molar-refractivity contribution is 0.446. The number of alkyl halides is 1. The summed E-state index contributed by atoms with van der Waals surface area (Å²) in [5.74, 6) is 0.147. The third-order valence-corrected chi connectivity index (χ3v) is 3.20. The van der Waals surface area contributed by atoms with Crippen LogP contribution in [0.15, 0.2) is 18.5 Å². The molecule has 0 bridgehead atoms. The van der Waals surface area contributed by atoms with Gasteiger partial charge in [-0.1, -0.05) is 6.42 Å². The van der Waals surface area contributed by atoms with Crippen LogP contribution in [0.2, 0.25) is 0 Å². The van der Waals surface area contributed by atoms with Gasteiger partial charge in [0.2, 0.25) is 0 Å². The van der Waals surface area contributed by atoms with Crippen LogP contribution in [0.25, 0.3) is 0 Å². The molecular weight excluding hydrogens is 201 g/mol. The van der Waals surface area contributed by atoms with E-state index >= 15 is 0 Å². The fourth-order valence-electron chi connectivity index (χ4n) is 2.08. The van der Waals surface area contributed by atoms with Crippen molar-refractivity contribution in [3.63, 3.8) is 0 Å². The molecule has 3 heteroatoms. The molecule has 1 heterocycles. The number of nitrogens with zero attached hydrogens (tertiary/aromatic N) is 1. The third-order valence-electron chi connectivity index (χ3n) is 2.81. The Morgan fingerprint density at radius 3 is 2.93 bits per heavy atom. The quantitative estimate of drug-likeness (QED) is 0.651. The molecule has 0 aromatic carbocycles. The number of rotatable bonds is 1. The lowest BCUT2D eigenvalue weighted by Gasteiger charge is -2.25. The average Bonchev–Trinajstić information content (AvgIpc) is 2.18. The first kappa shape index (κ1) is 9.91. The number of hydrogen-bond acceptors (Lipinski definition) is 1. The highest BCUT2D eigenvalue weighted by Gasteiger charge is 2.21. The van der Waals surface area contributed by atoms with E-state index in [-0.39, 0.29) is 11.2 Å². The Morgan fingerprint density at radius 1 is 1.36 bits per heavy atom. The molecule has 14 heavy (non-hydrogen) atoms. The van der Waals surface area contributed by atoms with E-state index in [2.05, 4.69) is 4.98 Å². The molecule has 2 rings (SSSR count). The second kappa shape index (κ2) is 4.26. The Kier molecular flexibility index (Phi) is 3.02. The molecule has 1 aliphatic rings. The highest BCUT2D eigenvalue weighted by atomic mass is 35.5. The SMILES string of the molecule is Fc1cncc(C2CCCC(Cl)C2)c1. The number of pyridine rings is 1. The lowest BCUT2D eigenvalue weighted by Crippen LogP contribution is -2.14. The first-order valence-corrected chi connectivity index (χ1v) is 5.44. The van der Waals surface area contributed by atoms with Gasteiger partial charge in [-0.05, 0) is 36.8 Å². The summed E-state index contributed by atoms with van der Waals surface area (Å²) in [5.41, 5.74) is 0.996. The summed E-state index contributed by atoms with van der Waals surface area (Å²) in [7, 11) is 0. The molecule has 76 valence electrons. The standard InChI is InChI=1S/C11H13ClFN/c12-10-3-1-2-8(4-10)9-5-11(13)7-14-6-9/h5-8,10H,1-4H2. The predicted octanol–water partition coefficient (Wildman–Crippen LogP) is 3.49. The Balaban J connectivity index is 2.14. The van der Waals surface area contributed by atoms with Gasteiger partial charge in [-0.15, -0.1) is 11.6 Å². The first-order chi connectivity index (χ1) is 6.75. The van der Waals surface area contributed by atoms with Crippen molar-refractivity contribution in [2.24, 2.45) is 0 Å². The highest BCUT2D eigenvalue weighted by Crippen LogP contribution is 2.34. The van der Waals surface area contributed by atoms with Gasteiger partial charge in [-0.2, -0.15) is 0 Å². The van der Waals surface area contributed by atoms with Gasteiger partial charge in [0.25, 0.3) is 0 Å². The molecule has 1 fully saturated rings. The van der Waals surface area contributed by atoms with Gasteiger partial charge >= 0.3 is 0 Å². The largest absolute Gasteiger partial charge is 0.261 e. The van der Waals surface area contributed by atoms with Crippen molar-refractivity contribution < 1.29 is 4.39 Å². The van der Waals surface area contributed by atoms with Gasteiger partial charge in [-0.3, -0.25) is 4.98 Å². The van der Waals surface area contributed by atoms with Crippen LogP contribution in [0.1, 0.15) is 37.2 Å². The van der Waals surface area contributed by atoms with Gasteiger partial charge in [0.05, 0.1) is 6.20 Å². The van der Waals surface area contributed by atoms with Crippen molar-refractivity contribution in [3.05, 3.63) is 29.8 Å². The molecule has 1 aromatic rings. The molecule has 1 aromatic heterocycles. The van der Waals surface area contributed by atoms with Crippen molar-refractivity contribution in [1.82, 2.24) is 4.98 Å². The molecule has 1 nitrogen and oxygen atoms in total. The fourth-order valence-corrected chi connectivity index (χ4v) is 2.45. The summed E-state index contributed by atoms with van der Waals surface area (Å²) in [6.45, 7) is 0. The molecule has 1 aliphatic carbocycles. The number of hydrogen-bond donors (Lipinski definition) is 0. The zero-order valence-electron chi connectivity index (χ0n) is 7.92. The van der Waals surface area contributed by atoms with Crippen LogP contribution in [0.5, 0.6) is 0 Å². The molecule has 0 spiro atoms. The monoisotopic (exact) mass is 213 g/mol. The van der Waals surface area contributed by atoms with E-state index in [0.717, 1.165) is 31.2 Å². The van der Waals surface area contributed by atoms with Crippen molar-refractivity contribution >= 4 is 11.6 Å². The van der Waals surface area contributed by atoms with Crippen LogP contribution in [0, 0.1) is 5.82 Å². The van der Waals surface area contributed by atoms with E-state index < -0.39 is 0 Å². The maximum absolute atomic E-state index is 12.9. The van der Waals surface area contributed by atoms with Crippen LogP contribution in [0.4, 0.5) is 4.39 Å². The van der Waals surface area contributed by atoms with Crippen LogP contribution < -0.4 is 0 Å². The van der Waals surface area contributed by atoms with Gasteiger partial charge in [0.1, 0.15) is 5.82 Å². The topological polar surface area (TPSA) is 12.9 Å². The second-order valence-corrected chi connectivity index (χ2v) is 4.51.